The molecule has 0 bridgehead atoms. The molecule has 0 radical (unpaired) electrons. The largest absolute Gasteiger partial charge is 0.379 e. The van der Waals surface area contributed by atoms with E-state index in [4.69, 9.17) is 15.6 Å². The molecule has 1 atom stereocenters. The number of aromatic nitrogens is 1. The fourth-order valence-electron chi connectivity index (χ4n) is 2.46. The monoisotopic (exact) mass is 287 g/mol. The molecule has 0 saturated heterocycles. The van der Waals surface area contributed by atoms with Crippen LogP contribution in [0.4, 0.5) is 0 Å². The first-order chi connectivity index (χ1) is 9.96. The highest BCUT2D eigenvalue weighted by molar-refractivity contribution is 5.82. The maximum atomic E-state index is 5.74. The number of aryl methyl sites for hydroxylation is 1. The second-order valence-corrected chi connectivity index (χ2v) is 6.10. The van der Waals surface area contributed by atoms with Gasteiger partial charge in [0.05, 0.1) is 22.9 Å². The molecule has 1 aromatic carbocycles. The van der Waals surface area contributed by atoms with Crippen LogP contribution in [0.2, 0.25) is 0 Å². The fourth-order valence-corrected chi connectivity index (χ4v) is 2.46. The van der Waals surface area contributed by atoms with Crippen molar-refractivity contribution in [2.45, 2.75) is 45.3 Å². The van der Waals surface area contributed by atoms with Crippen molar-refractivity contribution in [1.82, 2.24) is 10.4 Å². The Labute approximate surface area is 126 Å². The third-order valence-electron chi connectivity index (χ3n) is 4.09. The quantitative estimate of drug-likeness (QED) is 0.632. The van der Waals surface area contributed by atoms with Gasteiger partial charge >= 0.3 is 0 Å². The summed E-state index contributed by atoms with van der Waals surface area (Å²) in [6, 6.07) is 10.3. The molecule has 1 aromatic heterocycles. The van der Waals surface area contributed by atoms with Gasteiger partial charge in [-0.05, 0) is 51.3 Å². The lowest BCUT2D eigenvalue weighted by molar-refractivity contribution is 0.0116. The Bertz CT molecular complexity index is 610. The van der Waals surface area contributed by atoms with Crippen LogP contribution in [-0.4, -0.2) is 17.7 Å². The normalized spacial score (nSPS) is 13.6. The maximum absolute atomic E-state index is 5.74. The van der Waals surface area contributed by atoms with Crippen molar-refractivity contribution in [1.29, 1.82) is 0 Å². The van der Waals surface area contributed by atoms with Crippen LogP contribution < -0.4 is 11.3 Å². The molecular formula is C17H25N3O. The average molecular weight is 287 g/mol. The number of hydrogen-bond donors (Lipinski definition) is 2. The molecule has 114 valence electrons. The second-order valence-electron chi connectivity index (χ2n) is 6.10. The Morgan fingerprint density at radius 3 is 2.71 bits per heavy atom. The van der Waals surface area contributed by atoms with Crippen molar-refractivity contribution in [3.05, 3.63) is 41.6 Å². The molecule has 21 heavy (non-hydrogen) atoms. The lowest BCUT2D eigenvalue weighted by atomic mass is 9.96. The van der Waals surface area contributed by atoms with E-state index in [-0.39, 0.29) is 11.6 Å². The van der Waals surface area contributed by atoms with Crippen LogP contribution in [0.3, 0.4) is 0 Å². The van der Waals surface area contributed by atoms with E-state index in [2.05, 4.69) is 38.3 Å². The van der Waals surface area contributed by atoms with Crippen LogP contribution in [0.5, 0.6) is 0 Å². The number of benzene rings is 1. The molecule has 2 aromatic rings. The Morgan fingerprint density at radius 1 is 1.33 bits per heavy atom. The van der Waals surface area contributed by atoms with Crippen molar-refractivity contribution in [3.63, 3.8) is 0 Å². The zero-order valence-electron chi connectivity index (χ0n) is 13.3. The topological polar surface area (TPSA) is 60.2 Å². The van der Waals surface area contributed by atoms with E-state index >= 15 is 0 Å². The van der Waals surface area contributed by atoms with Crippen molar-refractivity contribution in [2.24, 2.45) is 5.84 Å². The highest BCUT2D eigenvalue weighted by atomic mass is 16.5. The molecule has 0 spiro atoms. The number of hydrogen-bond acceptors (Lipinski definition) is 4. The number of fused-ring (bicyclic) bond motifs is 1. The van der Waals surface area contributed by atoms with Crippen molar-refractivity contribution < 1.29 is 4.74 Å². The van der Waals surface area contributed by atoms with E-state index in [0.717, 1.165) is 24.1 Å². The van der Waals surface area contributed by atoms with E-state index in [1.807, 2.05) is 18.2 Å². The summed E-state index contributed by atoms with van der Waals surface area (Å²) in [4.78, 5) is 4.75. The van der Waals surface area contributed by atoms with E-state index in [0.29, 0.717) is 0 Å². The number of nitrogens with zero attached hydrogens (tertiary/aromatic N) is 1. The number of para-hydroxylation sites is 1. The number of pyridine rings is 1. The summed E-state index contributed by atoms with van der Waals surface area (Å²) in [5.41, 5.74) is 5.96. The zero-order valence-corrected chi connectivity index (χ0v) is 13.3. The van der Waals surface area contributed by atoms with Gasteiger partial charge in [-0.15, -0.1) is 0 Å². The van der Waals surface area contributed by atoms with Gasteiger partial charge in [-0.25, -0.2) is 0 Å². The standard InChI is InChI=1S/C17H25N3O/c1-12-11-16(19-14-8-6-5-7-13(12)14)15(20-18)9-10-17(2,3)21-4/h5-8,11,15,20H,9-10,18H2,1-4H3. The Morgan fingerprint density at radius 2 is 2.05 bits per heavy atom. The summed E-state index contributed by atoms with van der Waals surface area (Å²) in [5, 5.41) is 1.19. The van der Waals surface area contributed by atoms with Gasteiger partial charge in [0.1, 0.15) is 0 Å². The minimum Gasteiger partial charge on any atom is -0.379 e. The second kappa shape index (κ2) is 6.52. The average Bonchev–Trinajstić information content (AvgIpc) is 2.48. The molecule has 4 heteroatoms. The maximum Gasteiger partial charge on any atom is 0.0708 e. The van der Waals surface area contributed by atoms with E-state index in [1.54, 1.807) is 7.11 Å². The highest BCUT2D eigenvalue weighted by Gasteiger charge is 2.20. The molecular weight excluding hydrogens is 262 g/mol. The predicted molar refractivity (Wildman–Crippen MR) is 86.9 cm³/mol. The van der Waals surface area contributed by atoms with Crippen LogP contribution in [-0.2, 0) is 4.74 Å². The molecule has 1 heterocycles. The Balaban J connectivity index is 2.26. The van der Waals surface area contributed by atoms with Gasteiger partial charge in [0, 0.05) is 12.5 Å². The number of methoxy groups -OCH3 is 1. The van der Waals surface area contributed by atoms with Gasteiger partial charge in [0.2, 0.25) is 0 Å². The van der Waals surface area contributed by atoms with Gasteiger partial charge in [0.25, 0.3) is 0 Å². The Hall–Kier alpha value is -1.49. The third-order valence-corrected chi connectivity index (χ3v) is 4.09. The smallest absolute Gasteiger partial charge is 0.0708 e. The third kappa shape index (κ3) is 3.79. The van der Waals surface area contributed by atoms with Crippen molar-refractivity contribution in [3.8, 4) is 0 Å². The lowest BCUT2D eigenvalue weighted by Crippen LogP contribution is -2.31. The van der Waals surface area contributed by atoms with E-state index in [1.165, 1.54) is 10.9 Å². The SMILES string of the molecule is COC(C)(C)CCC(NN)c1cc(C)c2ccccc2n1. The number of hydrazine groups is 1. The highest BCUT2D eigenvalue weighted by Crippen LogP contribution is 2.26. The molecule has 0 fully saturated rings. The number of nitrogens with one attached hydrogen (secondary N) is 1. The summed E-state index contributed by atoms with van der Waals surface area (Å²) in [5.74, 6) is 5.74. The molecule has 0 aliphatic heterocycles. The van der Waals surface area contributed by atoms with Gasteiger partial charge in [-0.2, -0.15) is 0 Å². The van der Waals surface area contributed by atoms with Gasteiger partial charge in [-0.3, -0.25) is 16.3 Å². The first-order valence-electron chi connectivity index (χ1n) is 7.34. The minimum absolute atomic E-state index is 0.0303. The molecule has 3 N–H and O–H groups in total. The summed E-state index contributed by atoms with van der Waals surface area (Å²) in [7, 11) is 1.74. The van der Waals surface area contributed by atoms with Crippen molar-refractivity contribution >= 4 is 10.9 Å². The lowest BCUT2D eigenvalue weighted by Gasteiger charge is -2.25. The summed E-state index contributed by atoms with van der Waals surface area (Å²) >= 11 is 0. The number of rotatable bonds is 6. The Kier molecular flexibility index (Phi) is 4.93. The summed E-state index contributed by atoms with van der Waals surface area (Å²) < 4.78 is 5.47. The first-order valence-corrected chi connectivity index (χ1v) is 7.34. The molecule has 0 saturated carbocycles. The van der Waals surface area contributed by atoms with Crippen molar-refractivity contribution in [2.75, 3.05) is 7.11 Å². The number of nitrogens with two attached hydrogens (primary N) is 1. The molecule has 0 aliphatic carbocycles. The summed E-state index contributed by atoms with van der Waals surface area (Å²) in [6.07, 6.45) is 1.79. The minimum atomic E-state index is -0.152. The van der Waals surface area contributed by atoms with Crippen LogP contribution >= 0.6 is 0 Å². The van der Waals surface area contributed by atoms with Gasteiger partial charge in [0.15, 0.2) is 0 Å². The molecule has 1 unspecified atom stereocenters. The van der Waals surface area contributed by atoms with E-state index in [9.17, 15) is 0 Å². The van der Waals surface area contributed by atoms with Crippen LogP contribution in [0.1, 0.15) is 44.0 Å². The van der Waals surface area contributed by atoms with Gasteiger partial charge in [-0.1, -0.05) is 18.2 Å². The van der Waals surface area contributed by atoms with E-state index < -0.39 is 0 Å². The van der Waals surface area contributed by atoms with Crippen LogP contribution in [0.25, 0.3) is 10.9 Å². The predicted octanol–water partition coefficient (Wildman–Crippen LogP) is 3.25. The van der Waals surface area contributed by atoms with Crippen LogP contribution in [0, 0.1) is 6.92 Å². The zero-order chi connectivity index (χ0) is 15.5. The fraction of sp³-hybridized carbons (Fsp3) is 0.471. The van der Waals surface area contributed by atoms with Gasteiger partial charge < -0.3 is 4.74 Å². The molecule has 2 rings (SSSR count). The first kappa shape index (κ1) is 15.9. The van der Waals surface area contributed by atoms with Crippen LogP contribution in [0.15, 0.2) is 30.3 Å². The molecule has 0 amide bonds. The molecule has 0 aliphatic rings. The number of ether oxygens (including phenoxy) is 1. The summed E-state index contributed by atoms with van der Waals surface area (Å²) in [6.45, 7) is 6.28. The molecule has 4 nitrogen and oxygen atoms in total.